The zero-order valence-corrected chi connectivity index (χ0v) is 12.9. The highest BCUT2D eigenvalue weighted by Crippen LogP contribution is 2.37. The quantitative estimate of drug-likeness (QED) is 0.441. The van der Waals surface area contributed by atoms with Crippen molar-refractivity contribution in [1.82, 2.24) is 0 Å². The van der Waals surface area contributed by atoms with Crippen molar-refractivity contribution >= 4 is 31.5 Å². The fraction of sp³-hybridized carbons (Fsp3) is 0.105. The molecular weight excluding hydrogens is 274 g/mol. The first-order valence-electron chi connectivity index (χ1n) is 7.11. The van der Waals surface area contributed by atoms with E-state index in [-0.39, 0.29) is 0 Å². The molecule has 21 heavy (non-hydrogen) atoms. The van der Waals surface area contributed by atoms with Gasteiger partial charge in [-0.2, -0.15) is 0 Å². The lowest BCUT2D eigenvalue weighted by Crippen LogP contribution is -2.30. The van der Waals surface area contributed by atoms with Gasteiger partial charge in [0.05, 0.1) is 5.56 Å². The molecule has 1 nitrogen and oxygen atoms in total. The van der Waals surface area contributed by atoms with Gasteiger partial charge in [0.25, 0.3) is 0 Å². The third kappa shape index (κ3) is 1.95. The Kier molecular flexibility index (Phi) is 2.79. The molecule has 0 aliphatic carbocycles. The fourth-order valence-corrected chi connectivity index (χ4v) is 4.09. The van der Waals surface area contributed by atoms with E-state index >= 15 is 0 Å². The number of nitrogens with zero attached hydrogens (tertiary/aromatic N) is 1. The van der Waals surface area contributed by atoms with Crippen LogP contribution in [0.4, 0.5) is 0 Å². The van der Waals surface area contributed by atoms with Crippen LogP contribution >= 0.6 is 11.3 Å². The summed E-state index contributed by atoms with van der Waals surface area (Å²) in [7, 11) is 2.10. The number of benzene rings is 2. The van der Waals surface area contributed by atoms with Crippen LogP contribution in [0.25, 0.3) is 31.4 Å². The summed E-state index contributed by atoms with van der Waals surface area (Å²) in [5.41, 5.74) is 3.90. The summed E-state index contributed by atoms with van der Waals surface area (Å²) in [5.74, 6) is 0. The van der Waals surface area contributed by atoms with Crippen molar-refractivity contribution in [3.63, 3.8) is 0 Å². The Morgan fingerprint density at radius 1 is 0.857 bits per heavy atom. The van der Waals surface area contributed by atoms with Crippen molar-refractivity contribution in [1.29, 1.82) is 0 Å². The molecule has 0 saturated heterocycles. The summed E-state index contributed by atoms with van der Waals surface area (Å²) >= 11 is 1.88. The Morgan fingerprint density at radius 3 is 2.52 bits per heavy atom. The minimum Gasteiger partial charge on any atom is -0.201 e. The largest absolute Gasteiger partial charge is 0.212 e. The van der Waals surface area contributed by atoms with E-state index in [0.717, 1.165) is 0 Å². The summed E-state index contributed by atoms with van der Waals surface area (Å²) in [6.07, 6.45) is 2.10. The number of pyridine rings is 1. The Balaban J connectivity index is 2.06. The van der Waals surface area contributed by atoms with Gasteiger partial charge in [0.15, 0.2) is 6.20 Å². The number of hydrogen-bond acceptors (Lipinski definition) is 1. The first-order chi connectivity index (χ1) is 10.2. The van der Waals surface area contributed by atoms with Crippen LogP contribution in [0.3, 0.4) is 0 Å². The number of rotatable bonds is 1. The van der Waals surface area contributed by atoms with Gasteiger partial charge >= 0.3 is 0 Å². The zero-order chi connectivity index (χ0) is 14.4. The number of fused-ring (bicyclic) bond motifs is 3. The van der Waals surface area contributed by atoms with Gasteiger partial charge in [-0.1, -0.05) is 18.2 Å². The first kappa shape index (κ1) is 12.5. The molecule has 2 aromatic heterocycles. The molecule has 0 radical (unpaired) electrons. The molecule has 4 aromatic rings. The maximum absolute atomic E-state index is 2.34. The van der Waals surface area contributed by atoms with Crippen molar-refractivity contribution in [3.8, 4) is 11.3 Å². The number of thiophene rings is 1. The number of aryl methyl sites for hydroxylation is 2. The summed E-state index contributed by atoms with van der Waals surface area (Å²) in [5, 5.41) is 2.74. The molecule has 0 aliphatic rings. The van der Waals surface area contributed by atoms with Gasteiger partial charge < -0.3 is 0 Å². The second kappa shape index (κ2) is 4.68. The molecule has 0 N–H and O–H groups in total. The smallest absolute Gasteiger partial charge is 0.201 e. The molecule has 0 atom stereocenters. The molecule has 102 valence electrons. The highest BCUT2D eigenvalue weighted by Gasteiger charge is 2.14. The van der Waals surface area contributed by atoms with Crippen molar-refractivity contribution in [2.45, 2.75) is 6.92 Å². The van der Waals surface area contributed by atoms with Gasteiger partial charge in [-0.05, 0) is 36.8 Å². The van der Waals surface area contributed by atoms with Gasteiger partial charge in [-0.25, -0.2) is 4.57 Å². The van der Waals surface area contributed by atoms with E-state index < -0.39 is 0 Å². The van der Waals surface area contributed by atoms with Crippen molar-refractivity contribution < 1.29 is 4.57 Å². The predicted molar refractivity (Wildman–Crippen MR) is 90.7 cm³/mol. The van der Waals surface area contributed by atoms with Crippen LogP contribution in [0.1, 0.15) is 5.56 Å². The van der Waals surface area contributed by atoms with E-state index in [0.29, 0.717) is 0 Å². The first-order valence-corrected chi connectivity index (χ1v) is 7.92. The van der Waals surface area contributed by atoms with E-state index in [9.17, 15) is 0 Å². The van der Waals surface area contributed by atoms with Gasteiger partial charge in [0.2, 0.25) is 5.69 Å². The second-order valence-corrected chi connectivity index (χ2v) is 6.54. The van der Waals surface area contributed by atoms with Gasteiger partial charge in [-0.15, -0.1) is 11.3 Å². The van der Waals surface area contributed by atoms with E-state index in [1.54, 1.807) is 0 Å². The zero-order valence-electron chi connectivity index (χ0n) is 12.1. The molecule has 0 amide bonds. The topological polar surface area (TPSA) is 3.88 Å². The van der Waals surface area contributed by atoms with Crippen LogP contribution < -0.4 is 4.57 Å². The minimum absolute atomic E-state index is 1.26. The molecule has 0 aliphatic heterocycles. The van der Waals surface area contributed by atoms with Crippen molar-refractivity contribution in [2.24, 2.45) is 7.05 Å². The lowest BCUT2D eigenvalue weighted by molar-refractivity contribution is -0.660. The average Bonchev–Trinajstić information content (AvgIpc) is 2.85. The van der Waals surface area contributed by atoms with Crippen LogP contribution in [0, 0.1) is 6.92 Å². The maximum atomic E-state index is 2.34. The van der Waals surface area contributed by atoms with Gasteiger partial charge in [-0.3, -0.25) is 0 Å². The normalized spacial score (nSPS) is 11.3. The summed E-state index contributed by atoms with van der Waals surface area (Å²) in [6.45, 7) is 2.20. The van der Waals surface area contributed by atoms with Crippen LogP contribution in [0.2, 0.25) is 0 Å². The summed E-state index contributed by atoms with van der Waals surface area (Å²) in [4.78, 5) is 0. The highest BCUT2D eigenvalue weighted by atomic mass is 32.1. The Bertz CT molecular complexity index is 966. The van der Waals surface area contributed by atoms with Crippen LogP contribution in [0.5, 0.6) is 0 Å². The molecular formula is C19H16NS+. The maximum Gasteiger partial charge on any atom is 0.212 e. The van der Waals surface area contributed by atoms with Crippen LogP contribution in [-0.4, -0.2) is 0 Å². The molecule has 0 fully saturated rings. The van der Waals surface area contributed by atoms with Gasteiger partial charge in [0, 0.05) is 32.3 Å². The molecule has 0 unspecified atom stereocenters. The Labute approximate surface area is 128 Å². The molecule has 2 aromatic carbocycles. The van der Waals surface area contributed by atoms with E-state index in [1.165, 1.54) is 37.0 Å². The molecule has 2 heteroatoms. The SMILES string of the molecule is Cc1cc2c(cc1-c1cccc[n+]1C)sc1ccccc12. The highest BCUT2D eigenvalue weighted by molar-refractivity contribution is 7.25. The summed E-state index contributed by atoms with van der Waals surface area (Å²) in [6, 6.07) is 19.7. The van der Waals surface area contributed by atoms with Gasteiger partial charge in [0.1, 0.15) is 7.05 Å². The second-order valence-electron chi connectivity index (χ2n) is 5.46. The molecule has 0 spiro atoms. The van der Waals surface area contributed by atoms with E-state index in [2.05, 4.69) is 79.3 Å². The van der Waals surface area contributed by atoms with E-state index in [4.69, 9.17) is 0 Å². The Hall–Kier alpha value is -2.19. The number of hydrogen-bond donors (Lipinski definition) is 0. The predicted octanol–water partition coefficient (Wildman–Crippen LogP) is 4.85. The van der Waals surface area contributed by atoms with E-state index in [1.807, 2.05) is 11.3 Å². The minimum atomic E-state index is 1.26. The fourth-order valence-electron chi connectivity index (χ4n) is 2.96. The van der Waals surface area contributed by atoms with Crippen molar-refractivity contribution in [3.05, 3.63) is 66.4 Å². The van der Waals surface area contributed by atoms with Crippen molar-refractivity contribution in [2.75, 3.05) is 0 Å². The van der Waals surface area contributed by atoms with Crippen LogP contribution in [0.15, 0.2) is 60.8 Å². The average molecular weight is 290 g/mol. The summed E-state index contributed by atoms with van der Waals surface area (Å²) < 4.78 is 4.91. The third-order valence-corrected chi connectivity index (χ3v) is 5.19. The molecule has 0 bridgehead atoms. The molecule has 0 saturated carbocycles. The molecule has 2 heterocycles. The van der Waals surface area contributed by atoms with Crippen LogP contribution in [-0.2, 0) is 7.05 Å². The standard InChI is InChI=1S/C19H16NS/c1-13-11-16-14-7-3-4-9-18(14)21-19(16)12-15(13)17-8-5-6-10-20(17)2/h3-12H,1-2H3/q+1. The third-order valence-electron chi connectivity index (χ3n) is 4.05. The lowest BCUT2D eigenvalue weighted by atomic mass is 10.0. The Morgan fingerprint density at radius 2 is 1.67 bits per heavy atom. The molecule has 4 rings (SSSR count). The lowest BCUT2D eigenvalue weighted by Gasteiger charge is -2.05. The monoisotopic (exact) mass is 290 g/mol. The number of aromatic nitrogens is 1.